The molecule has 0 heterocycles. The lowest BCUT2D eigenvalue weighted by Crippen LogP contribution is -2.05. The summed E-state index contributed by atoms with van der Waals surface area (Å²) in [6.07, 6.45) is 0. The SMILES string of the molecule is OCCNc1ccc(OCc2ccccc2)cc1. The van der Waals surface area contributed by atoms with Crippen molar-refractivity contribution in [2.45, 2.75) is 6.61 Å². The summed E-state index contributed by atoms with van der Waals surface area (Å²) < 4.78 is 5.67. The monoisotopic (exact) mass is 243 g/mol. The van der Waals surface area contributed by atoms with Crippen molar-refractivity contribution >= 4 is 5.69 Å². The van der Waals surface area contributed by atoms with Crippen LogP contribution < -0.4 is 10.1 Å². The maximum Gasteiger partial charge on any atom is 0.119 e. The minimum atomic E-state index is 0.131. The number of rotatable bonds is 6. The van der Waals surface area contributed by atoms with Crippen LogP contribution in [0.5, 0.6) is 5.75 Å². The van der Waals surface area contributed by atoms with E-state index < -0.39 is 0 Å². The van der Waals surface area contributed by atoms with E-state index in [1.165, 1.54) is 0 Å². The maximum absolute atomic E-state index is 8.71. The molecule has 0 saturated heterocycles. The van der Waals surface area contributed by atoms with Gasteiger partial charge in [0, 0.05) is 12.2 Å². The fraction of sp³-hybridized carbons (Fsp3) is 0.200. The Balaban J connectivity index is 1.86. The van der Waals surface area contributed by atoms with Gasteiger partial charge in [-0.25, -0.2) is 0 Å². The molecule has 0 bridgehead atoms. The number of anilines is 1. The predicted molar refractivity (Wildman–Crippen MR) is 72.8 cm³/mol. The molecule has 2 aromatic rings. The van der Waals surface area contributed by atoms with Crippen molar-refractivity contribution in [3.8, 4) is 5.75 Å². The molecule has 0 atom stereocenters. The van der Waals surface area contributed by atoms with Crippen LogP contribution in [0.15, 0.2) is 54.6 Å². The molecule has 0 spiro atoms. The molecule has 0 fully saturated rings. The lowest BCUT2D eigenvalue weighted by Gasteiger charge is -2.08. The summed E-state index contributed by atoms with van der Waals surface area (Å²) in [5.41, 5.74) is 2.14. The largest absolute Gasteiger partial charge is 0.489 e. The average Bonchev–Trinajstić information content (AvgIpc) is 2.45. The van der Waals surface area contributed by atoms with E-state index in [-0.39, 0.29) is 6.61 Å². The zero-order valence-corrected chi connectivity index (χ0v) is 10.2. The van der Waals surface area contributed by atoms with Crippen LogP contribution in [0.1, 0.15) is 5.56 Å². The van der Waals surface area contributed by atoms with Crippen LogP contribution in [0.4, 0.5) is 5.69 Å². The van der Waals surface area contributed by atoms with Crippen LogP contribution in [0.2, 0.25) is 0 Å². The van der Waals surface area contributed by atoms with Crippen molar-refractivity contribution in [1.29, 1.82) is 0 Å². The van der Waals surface area contributed by atoms with Crippen molar-refractivity contribution in [1.82, 2.24) is 0 Å². The Morgan fingerprint density at radius 1 is 0.944 bits per heavy atom. The number of aliphatic hydroxyl groups excluding tert-OH is 1. The summed E-state index contributed by atoms with van der Waals surface area (Å²) in [5, 5.41) is 11.8. The highest BCUT2D eigenvalue weighted by molar-refractivity contribution is 5.46. The molecule has 2 N–H and O–H groups in total. The van der Waals surface area contributed by atoms with E-state index >= 15 is 0 Å². The van der Waals surface area contributed by atoms with Crippen LogP contribution in [0, 0.1) is 0 Å². The molecule has 2 rings (SSSR count). The molecule has 0 aliphatic heterocycles. The second-order valence-corrected chi connectivity index (χ2v) is 3.95. The first-order chi connectivity index (χ1) is 8.88. The highest BCUT2D eigenvalue weighted by Crippen LogP contribution is 2.16. The molecule has 0 radical (unpaired) electrons. The Labute approximate surface area is 107 Å². The van der Waals surface area contributed by atoms with Crippen molar-refractivity contribution in [2.24, 2.45) is 0 Å². The molecule has 2 aromatic carbocycles. The lowest BCUT2D eigenvalue weighted by molar-refractivity contribution is 0.306. The fourth-order valence-corrected chi connectivity index (χ4v) is 1.61. The highest BCUT2D eigenvalue weighted by atomic mass is 16.5. The summed E-state index contributed by atoms with van der Waals surface area (Å²) in [4.78, 5) is 0. The summed E-state index contributed by atoms with van der Waals surface area (Å²) in [6.45, 7) is 1.26. The van der Waals surface area contributed by atoms with E-state index in [1.54, 1.807) is 0 Å². The molecular formula is C15H17NO2. The topological polar surface area (TPSA) is 41.5 Å². The number of benzene rings is 2. The summed E-state index contributed by atoms with van der Waals surface area (Å²) in [7, 11) is 0. The summed E-state index contributed by atoms with van der Waals surface area (Å²) >= 11 is 0. The van der Waals surface area contributed by atoms with Crippen molar-refractivity contribution in [2.75, 3.05) is 18.5 Å². The summed E-state index contributed by atoms with van der Waals surface area (Å²) in [5.74, 6) is 0.841. The third-order valence-electron chi connectivity index (χ3n) is 2.54. The zero-order valence-electron chi connectivity index (χ0n) is 10.2. The second-order valence-electron chi connectivity index (χ2n) is 3.95. The van der Waals surface area contributed by atoms with Gasteiger partial charge in [-0.1, -0.05) is 30.3 Å². The van der Waals surface area contributed by atoms with Crippen LogP contribution in [-0.4, -0.2) is 18.3 Å². The van der Waals surface area contributed by atoms with Gasteiger partial charge >= 0.3 is 0 Å². The average molecular weight is 243 g/mol. The van der Waals surface area contributed by atoms with Gasteiger partial charge in [0.2, 0.25) is 0 Å². The lowest BCUT2D eigenvalue weighted by atomic mass is 10.2. The molecular weight excluding hydrogens is 226 g/mol. The van der Waals surface area contributed by atoms with Crippen molar-refractivity contribution in [3.63, 3.8) is 0 Å². The third-order valence-corrected chi connectivity index (χ3v) is 2.54. The molecule has 3 nitrogen and oxygen atoms in total. The van der Waals surface area contributed by atoms with Gasteiger partial charge in [0.1, 0.15) is 12.4 Å². The van der Waals surface area contributed by atoms with E-state index in [0.717, 1.165) is 17.0 Å². The van der Waals surface area contributed by atoms with Gasteiger partial charge in [-0.2, -0.15) is 0 Å². The first-order valence-corrected chi connectivity index (χ1v) is 6.00. The number of hydrogen-bond donors (Lipinski definition) is 2. The molecule has 0 amide bonds. The Morgan fingerprint density at radius 3 is 2.33 bits per heavy atom. The smallest absolute Gasteiger partial charge is 0.119 e. The Bertz CT molecular complexity index is 454. The number of hydrogen-bond acceptors (Lipinski definition) is 3. The maximum atomic E-state index is 8.71. The quantitative estimate of drug-likeness (QED) is 0.819. The Morgan fingerprint density at radius 2 is 1.67 bits per heavy atom. The molecule has 0 aliphatic carbocycles. The van der Waals surface area contributed by atoms with Gasteiger partial charge in [0.05, 0.1) is 6.61 Å². The first kappa shape index (κ1) is 12.5. The van der Waals surface area contributed by atoms with Crippen LogP contribution in [0.3, 0.4) is 0 Å². The number of ether oxygens (including phenoxy) is 1. The first-order valence-electron chi connectivity index (χ1n) is 6.00. The highest BCUT2D eigenvalue weighted by Gasteiger charge is 1.96. The van der Waals surface area contributed by atoms with E-state index in [9.17, 15) is 0 Å². The number of nitrogens with one attached hydrogen (secondary N) is 1. The van der Waals surface area contributed by atoms with Crippen molar-refractivity contribution < 1.29 is 9.84 Å². The van der Waals surface area contributed by atoms with Gasteiger partial charge in [0.15, 0.2) is 0 Å². The second kappa shape index (κ2) is 6.67. The Hall–Kier alpha value is -2.00. The minimum absolute atomic E-state index is 0.131. The predicted octanol–water partition coefficient (Wildman–Crippen LogP) is 2.67. The molecule has 3 heteroatoms. The molecule has 0 aromatic heterocycles. The third kappa shape index (κ3) is 3.79. The zero-order chi connectivity index (χ0) is 12.6. The molecule has 0 saturated carbocycles. The van der Waals surface area contributed by atoms with Crippen LogP contribution in [0.25, 0.3) is 0 Å². The molecule has 94 valence electrons. The number of aliphatic hydroxyl groups is 1. The molecule has 18 heavy (non-hydrogen) atoms. The van der Waals surface area contributed by atoms with E-state index in [1.807, 2.05) is 54.6 Å². The van der Waals surface area contributed by atoms with E-state index in [0.29, 0.717) is 13.2 Å². The van der Waals surface area contributed by atoms with Gasteiger partial charge in [-0.3, -0.25) is 0 Å². The van der Waals surface area contributed by atoms with Crippen molar-refractivity contribution in [3.05, 3.63) is 60.2 Å². The summed E-state index contributed by atoms with van der Waals surface area (Å²) in [6, 6.07) is 17.8. The normalized spacial score (nSPS) is 10.1. The van der Waals surface area contributed by atoms with Gasteiger partial charge in [-0.05, 0) is 29.8 Å². The van der Waals surface area contributed by atoms with Gasteiger partial charge < -0.3 is 15.2 Å². The Kier molecular flexibility index (Phi) is 4.61. The van der Waals surface area contributed by atoms with Crippen LogP contribution >= 0.6 is 0 Å². The van der Waals surface area contributed by atoms with Gasteiger partial charge in [-0.15, -0.1) is 0 Å². The molecule has 0 aliphatic rings. The standard InChI is InChI=1S/C15H17NO2/c17-11-10-16-14-6-8-15(9-7-14)18-12-13-4-2-1-3-5-13/h1-9,16-17H,10-12H2. The van der Waals surface area contributed by atoms with Crippen LogP contribution in [-0.2, 0) is 6.61 Å². The van der Waals surface area contributed by atoms with Gasteiger partial charge in [0.25, 0.3) is 0 Å². The van der Waals surface area contributed by atoms with E-state index in [2.05, 4.69) is 5.32 Å². The minimum Gasteiger partial charge on any atom is -0.489 e. The molecule has 0 unspecified atom stereocenters. The fourth-order valence-electron chi connectivity index (χ4n) is 1.61. The van der Waals surface area contributed by atoms with E-state index in [4.69, 9.17) is 9.84 Å².